The van der Waals surface area contributed by atoms with E-state index in [4.69, 9.17) is 0 Å². The summed E-state index contributed by atoms with van der Waals surface area (Å²) in [6.45, 7) is 4.50. The van der Waals surface area contributed by atoms with Gasteiger partial charge in [0.05, 0.1) is 5.41 Å². The zero-order valence-electron chi connectivity index (χ0n) is 16.4. The predicted octanol–water partition coefficient (Wildman–Crippen LogP) is 7.17. The molecule has 0 saturated heterocycles. The van der Waals surface area contributed by atoms with Crippen LogP contribution in [0.15, 0.2) is 103 Å². The molecule has 5 rings (SSSR count). The smallest absolute Gasteiger partial charge is 0.0622 e. The van der Waals surface area contributed by atoms with Crippen LogP contribution in [0.2, 0.25) is 0 Å². The highest BCUT2D eigenvalue weighted by atomic mass is 14.5. The van der Waals surface area contributed by atoms with Crippen LogP contribution in [-0.2, 0) is 5.41 Å². The Hall–Kier alpha value is -3.12. The first kappa shape index (κ1) is 17.0. The minimum atomic E-state index is -0.274. The Morgan fingerprint density at radius 2 is 0.964 bits per heavy atom. The predicted molar refractivity (Wildman–Crippen MR) is 118 cm³/mol. The van der Waals surface area contributed by atoms with Crippen LogP contribution >= 0.6 is 0 Å². The van der Waals surface area contributed by atoms with Crippen molar-refractivity contribution in [3.8, 4) is 11.1 Å². The van der Waals surface area contributed by atoms with Gasteiger partial charge in [-0.2, -0.15) is 0 Å². The van der Waals surface area contributed by atoms with Crippen molar-refractivity contribution >= 4 is 0 Å². The lowest BCUT2D eigenvalue weighted by molar-refractivity contribution is 0.765. The third kappa shape index (κ3) is 2.31. The second kappa shape index (κ2) is 6.49. The highest BCUT2D eigenvalue weighted by Gasteiger charge is 2.45. The molecule has 0 atom stereocenters. The molecule has 28 heavy (non-hydrogen) atoms. The fourth-order valence-corrected chi connectivity index (χ4v) is 4.83. The third-order valence-corrected chi connectivity index (χ3v) is 6.17. The average molecular weight is 361 g/mol. The molecule has 0 heterocycles. The van der Waals surface area contributed by atoms with E-state index in [0.717, 1.165) is 0 Å². The van der Waals surface area contributed by atoms with Gasteiger partial charge in [-0.25, -0.2) is 0 Å². The summed E-state index contributed by atoms with van der Waals surface area (Å²) in [7, 11) is 0. The van der Waals surface area contributed by atoms with E-state index < -0.39 is 0 Å². The van der Waals surface area contributed by atoms with Crippen LogP contribution in [0.5, 0.6) is 0 Å². The van der Waals surface area contributed by atoms with Crippen LogP contribution in [0.4, 0.5) is 0 Å². The molecule has 0 spiro atoms. The molecular weight excluding hydrogens is 336 g/mol. The normalized spacial score (nSPS) is 14.0. The lowest BCUT2D eigenvalue weighted by Gasteiger charge is -2.34. The van der Waals surface area contributed by atoms with E-state index in [1.54, 1.807) is 0 Å². The fraction of sp³-hybridized carbons (Fsp3) is 0.143. The maximum atomic E-state index is 2.33. The van der Waals surface area contributed by atoms with Crippen LogP contribution in [0.1, 0.15) is 47.6 Å². The van der Waals surface area contributed by atoms with Gasteiger partial charge in [-0.05, 0) is 44.9 Å². The lowest BCUT2D eigenvalue weighted by Crippen LogP contribution is -2.28. The van der Waals surface area contributed by atoms with Crippen molar-refractivity contribution in [1.29, 1.82) is 0 Å². The van der Waals surface area contributed by atoms with E-state index in [1.807, 2.05) is 0 Å². The Bertz CT molecular complexity index is 1070. The summed E-state index contributed by atoms with van der Waals surface area (Å²) in [5.41, 5.74) is 9.20. The van der Waals surface area contributed by atoms with Crippen LogP contribution in [0.3, 0.4) is 0 Å². The molecule has 0 radical (unpaired) electrons. The largest absolute Gasteiger partial charge is 0.0713 e. The Morgan fingerprint density at radius 1 is 0.500 bits per heavy atom. The van der Waals surface area contributed by atoms with Crippen molar-refractivity contribution in [3.63, 3.8) is 0 Å². The van der Waals surface area contributed by atoms with Crippen LogP contribution in [0, 0.1) is 0 Å². The first-order valence-corrected chi connectivity index (χ1v) is 10.1. The van der Waals surface area contributed by atoms with Crippen molar-refractivity contribution in [2.45, 2.75) is 25.2 Å². The maximum Gasteiger partial charge on any atom is 0.0713 e. The zero-order chi connectivity index (χ0) is 19.1. The molecule has 0 amide bonds. The summed E-state index contributed by atoms with van der Waals surface area (Å²) in [5.74, 6) is 0.532. The summed E-state index contributed by atoms with van der Waals surface area (Å²) in [4.78, 5) is 0. The molecule has 0 aliphatic heterocycles. The molecule has 0 fully saturated rings. The molecule has 1 aliphatic rings. The molecule has 136 valence electrons. The molecule has 0 N–H and O–H groups in total. The Balaban J connectivity index is 1.89. The molecular formula is C28H24. The van der Waals surface area contributed by atoms with E-state index in [-0.39, 0.29) is 5.41 Å². The van der Waals surface area contributed by atoms with E-state index >= 15 is 0 Å². The van der Waals surface area contributed by atoms with Crippen LogP contribution in [-0.4, -0.2) is 0 Å². The van der Waals surface area contributed by atoms with Crippen molar-refractivity contribution in [1.82, 2.24) is 0 Å². The van der Waals surface area contributed by atoms with E-state index in [9.17, 15) is 0 Å². The average Bonchev–Trinajstić information content (AvgIpc) is 3.06. The number of hydrogen-bond donors (Lipinski definition) is 0. The van der Waals surface area contributed by atoms with Gasteiger partial charge in [-0.1, -0.05) is 117 Å². The van der Waals surface area contributed by atoms with Gasteiger partial charge in [0, 0.05) is 0 Å². The zero-order valence-corrected chi connectivity index (χ0v) is 16.4. The molecule has 0 nitrogen and oxygen atoms in total. The SMILES string of the molecule is CC(C)c1ccc(C2(c3ccccc3)c3ccccc3-c3ccccc32)cc1. The van der Waals surface area contributed by atoms with Gasteiger partial charge in [-0.3, -0.25) is 0 Å². The minimum absolute atomic E-state index is 0.274. The van der Waals surface area contributed by atoms with Crippen LogP contribution in [0.25, 0.3) is 11.1 Å². The van der Waals surface area contributed by atoms with E-state index in [0.29, 0.717) is 5.92 Å². The van der Waals surface area contributed by atoms with E-state index in [1.165, 1.54) is 38.9 Å². The molecule has 0 saturated carbocycles. The number of hydrogen-bond acceptors (Lipinski definition) is 0. The van der Waals surface area contributed by atoms with Gasteiger partial charge in [0.2, 0.25) is 0 Å². The number of fused-ring (bicyclic) bond motifs is 3. The Morgan fingerprint density at radius 3 is 1.50 bits per heavy atom. The summed E-state index contributed by atoms with van der Waals surface area (Å²) in [5, 5.41) is 0. The summed E-state index contributed by atoms with van der Waals surface area (Å²) in [6.07, 6.45) is 0. The molecule has 4 aromatic carbocycles. The van der Waals surface area contributed by atoms with Crippen molar-refractivity contribution in [2.24, 2.45) is 0 Å². The Kier molecular flexibility index (Phi) is 3.94. The summed E-state index contributed by atoms with van der Waals surface area (Å²) < 4.78 is 0. The molecule has 0 heteroatoms. The van der Waals surface area contributed by atoms with Crippen LogP contribution < -0.4 is 0 Å². The highest BCUT2D eigenvalue weighted by Crippen LogP contribution is 2.55. The maximum absolute atomic E-state index is 2.33. The van der Waals surface area contributed by atoms with Gasteiger partial charge in [0.1, 0.15) is 0 Å². The topological polar surface area (TPSA) is 0 Å². The summed E-state index contributed by atoms with van der Waals surface area (Å²) in [6, 6.07) is 38.0. The number of rotatable bonds is 3. The molecule has 4 aromatic rings. The quantitative estimate of drug-likeness (QED) is 0.320. The summed E-state index contributed by atoms with van der Waals surface area (Å²) >= 11 is 0. The van der Waals surface area contributed by atoms with Gasteiger partial charge >= 0.3 is 0 Å². The second-order valence-corrected chi connectivity index (χ2v) is 7.98. The Labute approximate surface area is 167 Å². The first-order valence-electron chi connectivity index (χ1n) is 10.1. The standard InChI is InChI=1S/C28H24/c1-20(2)21-16-18-23(19-17-21)28(22-10-4-3-5-11-22)26-14-8-6-12-24(26)25-13-7-9-15-27(25)28/h3-20H,1-2H3. The van der Waals surface area contributed by atoms with E-state index in [2.05, 4.69) is 117 Å². The van der Waals surface area contributed by atoms with Gasteiger partial charge in [0.15, 0.2) is 0 Å². The molecule has 0 unspecified atom stereocenters. The van der Waals surface area contributed by atoms with Gasteiger partial charge in [-0.15, -0.1) is 0 Å². The third-order valence-electron chi connectivity index (χ3n) is 6.17. The van der Waals surface area contributed by atoms with Gasteiger partial charge in [0.25, 0.3) is 0 Å². The molecule has 0 bridgehead atoms. The van der Waals surface area contributed by atoms with Gasteiger partial charge < -0.3 is 0 Å². The minimum Gasteiger partial charge on any atom is -0.0622 e. The van der Waals surface area contributed by atoms with Crippen molar-refractivity contribution in [3.05, 3.63) is 131 Å². The van der Waals surface area contributed by atoms with Crippen molar-refractivity contribution < 1.29 is 0 Å². The second-order valence-electron chi connectivity index (χ2n) is 7.98. The molecule has 0 aromatic heterocycles. The monoisotopic (exact) mass is 360 g/mol. The molecule has 1 aliphatic carbocycles. The van der Waals surface area contributed by atoms with Crippen molar-refractivity contribution in [2.75, 3.05) is 0 Å². The highest BCUT2D eigenvalue weighted by molar-refractivity contribution is 5.86. The fourth-order valence-electron chi connectivity index (χ4n) is 4.83. The number of benzene rings is 4. The first-order chi connectivity index (χ1) is 13.7. The lowest BCUT2D eigenvalue weighted by atomic mass is 9.67.